The Morgan fingerprint density at radius 2 is 1.80 bits per heavy atom. The largest absolute Gasteiger partial charge is 0.495 e. The van der Waals surface area contributed by atoms with Crippen LogP contribution in [0.25, 0.3) is 10.9 Å². The van der Waals surface area contributed by atoms with Crippen molar-refractivity contribution < 1.29 is 19.1 Å². The molecule has 20 heavy (non-hydrogen) atoms. The van der Waals surface area contributed by atoms with Crippen LogP contribution < -0.4 is 4.74 Å². The van der Waals surface area contributed by atoms with Crippen LogP contribution in [0, 0.1) is 0 Å². The number of carbonyl (C=O) groups is 2. The first-order chi connectivity index (χ1) is 9.67. The van der Waals surface area contributed by atoms with E-state index < -0.39 is 5.78 Å². The number of Topliss-reactive ketones (excluding diaryl/α,β-unsaturated/α-hetero) is 1. The number of allylic oxidation sites excluding steroid dienone is 2. The second-order valence-corrected chi connectivity index (χ2v) is 4.29. The fourth-order valence-electron chi connectivity index (χ4n) is 2.31. The minimum atomic E-state index is -0.391. The summed E-state index contributed by atoms with van der Waals surface area (Å²) in [6, 6.07) is 7.20. The van der Waals surface area contributed by atoms with E-state index in [1.165, 1.54) is 14.2 Å². The van der Waals surface area contributed by atoms with Crippen molar-refractivity contribution in [3.05, 3.63) is 47.4 Å². The number of aromatic nitrogens is 1. The van der Waals surface area contributed by atoms with Crippen molar-refractivity contribution in [2.45, 2.75) is 0 Å². The number of hydrogen-bond acceptors (Lipinski definition) is 5. The van der Waals surface area contributed by atoms with Crippen LogP contribution in [-0.2, 0) is 4.74 Å². The van der Waals surface area contributed by atoms with Gasteiger partial charge in [0.1, 0.15) is 11.4 Å². The van der Waals surface area contributed by atoms with E-state index in [0.29, 0.717) is 16.7 Å². The molecule has 1 aliphatic rings. The first kappa shape index (κ1) is 12.3. The molecule has 0 radical (unpaired) electrons. The van der Waals surface area contributed by atoms with E-state index in [-0.39, 0.29) is 22.8 Å². The normalized spacial score (nSPS) is 14.0. The number of fused-ring (bicyclic) bond motifs is 2. The molecule has 100 valence electrons. The number of rotatable bonds is 2. The molecule has 0 unspecified atom stereocenters. The average molecular weight is 269 g/mol. The molecule has 0 spiro atoms. The summed E-state index contributed by atoms with van der Waals surface area (Å²) in [6.45, 7) is 0. The monoisotopic (exact) mass is 269 g/mol. The van der Waals surface area contributed by atoms with E-state index in [1.54, 1.807) is 12.1 Å². The van der Waals surface area contributed by atoms with E-state index in [2.05, 4.69) is 4.98 Å². The summed E-state index contributed by atoms with van der Waals surface area (Å²) in [6.07, 6.45) is 1.16. The smallest absolute Gasteiger partial charge is 0.233 e. The van der Waals surface area contributed by atoms with Crippen molar-refractivity contribution >= 4 is 22.5 Å². The Morgan fingerprint density at radius 1 is 1.05 bits per heavy atom. The van der Waals surface area contributed by atoms with Gasteiger partial charge in [-0.2, -0.15) is 0 Å². The Kier molecular flexibility index (Phi) is 2.75. The zero-order valence-electron chi connectivity index (χ0n) is 11.0. The second kappa shape index (κ2) is 4.45. The van der Waals surface area contributed by atoms with Gasteiger partial charge >= 0.3 is 0 Å². The number of para-hydroxylation sites is 1. The number of benzene rings is 1. The summed E-state index contributed by atoms with van der Waals surface area (Å²) in [7, 11) is 2.81. The van der Waals surface area contributed by atoms with Gasteiger partial charge in [0.05, 0.1) is 25.3 Å². The standard InChI is InChI=1S/C15H11NO4/c1-19-11-7-10(17)13-12(14(11)18)15(20-2)8-5-3-4-6-9(8)16-13/h3-7H,1-2H3. The average Bonchev–Trinajstić information content (AvgIpc) is 2.48. The van der Waals surface area contributed by atoms with Crippen molar-refractivity contribution in [1.82, 2.24) is 4.98 Å². The Bertz CT molecular complexity index is 777. The lowest BCUT2D eigenvalue weighted by molar-refractivity contribution is 0.0911. The maximum Gasteiger partial charge on any atom is 0.233 e. The zero-order chi connectivity index (χ0) is 14.3. The van der Waals surface area contributed by atoms with Gasteiger partial charge in [0.15, 0.2) is 5.76 Å². The Hall–Kier alpha value is -2.69. The highest BCUT2D eigenvalue weighted by molar-refractivity contribution is 6.25. The van der Waals surface area contributed by atoms with Crippen molar-refractivity contribution in [3.8, 4) is 5.75 Å². The second-order valence-electron chi connectivity index (χ2n) is 4.29. The number of carbonyl (C=O) groups excluding carboxylic acids is 2. The Morgan fingerprint density at radius 3 is 2.50 bits per heavy atom. The number of ketones is 2. The molecule has 0 aliphatic heterocycles. The molecular weight excluding hydrogens is 258 g/mol. The van der Waals surface area contributed by atoms with Crippen molar-refractivity contribution in [2.75, 3.05) is 14.2 Å². The van der Waals surface area contributed by atoms with Crippen LogP contribution in [-0.4, -0.2) is 30.8 Å². The fourth-order valence-corrected chi connectivity index (χ4v) is 2.31. The molecular formula is C15H11NO4. The van der Waals surface area contributed by atoms with Crippen molar-refractivity contribution in [2.24, 2.45) is 0 Å². The number of methoxy groups -OCH3 is 2. The molecule has 1 aromatic heterocycles. The molecule has 0 fully saturated rings. The van der Waals surface area contributed by atoms with Gasteiger partial charge in [-0.05, 0) is 12.1 Å². The lowest BCUT2D eigenvalue weighted by atomic mass is 9.95. The SMILES string of the molecule is COC1=CC(=O)c2nc3ccccc3c(OC)c2C1=O. The fraction of sp³-hybridized carbons (Fsp3) is 0.133. The first-order valence-electron chi connectivity index (χ1n) is 5.98. The third-order valence-corrected chi connectivity index (χ3v) is 3.22. The first-order valence-corrected chi connectivity index (χ1v) is 5.98. The highest BCUT2D eigenvalue weighted by Crippen LogP contribution is 2.34. The maximum atomic E-state index is 12.4. The molecule has 5 heteroatoms. The molecule has 1 heterocycles. The minimum Gasteiger partial charge on any atom is -0.495 e. The van der Waals surface area contributed by atoms with E-state index in [4.69, 9.17) is 9.47 Å². The third kappa shape index (κ3) is 1.60. The summed E-state index contributed by atoms with van der Waals surface area (Å²) in [5, 5.41) is 0.687. The zero-order valence-corrected chi connectivity index (χ0v) is 11.0. The summed E-state index contributed by atoms with van der Waals surface area (Å²) >= 11 is 0. The molecule has 1 aromatic carbocycles. The molecule has 0 saturated heterocycles. The van der Waals surface area contributed by atoms with E-state index in [0.717, 1.165) is 6.08 Å². The van der Waals surface area contributed by atoms with Gasteiger partial charge in [-0.1, -0.05) is 12.1 Å². The topological polar surface area (TPSA) is 65.5 Å². The van der Waals surface area contributed by atoms with Crippen molar-refractivity contribution in [3.63, 3.8) is 0 Å². The molecule has 3 rings (SSSR count). The molecule has 0 bridgehead atoms. The van der Waals surface area contributed by atoms with Crippen LogP contribution in [0.15, 0.2) is 36.1 Å². The Balaban J connectivity index is 2.41. The number of hydrogen-bond donors (Lipinski definition) is 0. The van der Waals surface area contributed by atoms with Crippen LogP contribution in [0.2, 0.25) is 0 Å². The predicted octanol–water partition coefficient (Wildman–Crippen LogP) is 2.15. The molecule has 5 nitrogen and oxygen atoms in total. The highest BCUT2D eigenvalue weighted by atomic mass is 16.5. The summed E-state index contributed by atoms with van der Waals surface area (Å²) < 4.78 is 10.3. The van der Waals surface area contributed by atoms with Gasteiger partial charge in [-0.3, -0.25) is 9.59 Å². The summed E-state index contributed by atoms with van der Waals surface area (Å²) in [4.78, 5) is 28.7. The van der Waals surface area contributed by atoms with Gasteiger partial charge in [0, 0.05) is 11.5 Å². The van der Waals surface area contributed by atoms with Crippen LogP contribution in [0.5, 0.6) is 5.75 Å². The van der Waals surface area contributed by atoms with Gasteiger partial charge in [-0.15, -0.1) is 0 Å². The van der Waals surface area contributed by atoms with Gasteiger partial charge in [0.25, 0.3) is 0 Å². The van der Waals surface area contributed by atoms with Gasteiger partial charge in [0.2, 0.25) is 11.6 Å². The van der Waals surface area contributed by atoms with Gasteiger partial charge < -0.3 is 9.47 Å². The lowest BCUT2D eigenvalue weighted by Gasteiger charge is -2.17. The number of ether oxygens (including phenoxy) is 2. The van der Waals surface area contributed by atoms with Gasteiger partial charge in [-0.25, -0.2) is 4.98 Å². The van der Waals surface area contributed by atoms with Crippen LogP contribution in [0.1, 0.15) is 20.8 Å². The maximum absolute atomic E-state index is 12.4. The number of pyridine rings is 1. The minimum absolute atomic E-state index is 0.00196. The molecule has 0 amide bonds. The molecule has 2 aromatic rings. The molecule has 0 atom stereocenters. The third-order valence-electron chi connectivity index (χ3n) is 3.22. The highest BCUT2D eigenvalue weighted by Gasteiger charge is 2.32. The van der Waals surface area contributed by atoms with E-state index in [1.807, 2.05) is 12.1 Å². The van der Waals surface area contributed by atoms with Crippen molar-refractivity contribution in [1.29, 1.82) is 0 Å². The number of nitrogens with zero attached hydrogens (tertiary/aromatic N) is 1. The van der Waals surface area contributed by atoms with E-state index >= 15 is 0 Å². The van der Waals surface area contributed by atoms with E-state index in [9.17, 15) is 9.59 Å². The van der Waals surface area contributed by atoms with Crippen LogP contribution >= 0.6 is 0 Å². The predicted molar refractivity (Wildman–Crippen MR) is 72.0 cm³/mol. The van der Waals surface area contributed by atoms with Crippen LogP contribution in [0.3, 0.4) is 0 Å². The Labute approximate surface area is 114 Å². The summed E-state index contributed by atoms with van der Waals surface area (Å²) in [5.41, 5.74) is 0.875. The molecule has 1 aliphatic carbocycles. The van der Waals surface area contributed by atoms with Crippen LogP contribution in [0.4, 0.5) is 0 Å². The molecule has 0 N–H and O–H groups in total. The molecule has 0 saturated carbocycles. The quantitative estimate of drug-likeness (QED) is 0.835. The summed E-state index contributed by atoms with van der Waals surface area (Å²) in [5.74, 6) is -0.401. The lowest BCUT2D eigenvalue weighted by Crippen LogP contribution is -2.20.